The molecule has 2 aromatic rings. The van der Waals surface area contributed by atoms with Gasteiger partial charge in [-0.2, -0.15) is 0 Å². The predicted molar refractivity (Wildman–Crippen MR) is 64.8 cm³/mol. The van der Waals surface area contributed by atoms with Crippen molar-refractivity contribution in [1.82, 2.24) is 19.4 Å². The molecule has 2 heterocycles. The zero-order valence-corrected chi connectivity index (χ0v) is 10.1. The van der Waals surface area contributed by atoms with Gasteiger partial charge in [0.15, 0.2) is 0 Å². The fraction of sp³-hybridized carbons (Fsp3) is 0.333. The summed E-state index contributed by atoms with van der Waals surface area (Å²) >= 11 is 1.03. The Bertz CT molecular complexity index is 506. The second-order valence-corrected chi connectivity index (χ2v) is 4.21. The molecular formula is C9H12N6OS. The molecule has 0 saturated heterocycles. The van der Waals surface area contributed by atoms with Gasteiger partial charge >= 0.3 is 0 Å². The molecule has 2 rings (SSSR count). The number of aryl methyl sites for hydroxylation is 1. The molecule has 0 atom stereocenters. The van der Waals surface area contributed by atoms with Crippen molar-refractivity contribution in [3.63, 3.8) is 0 Å². The minimum Gasteiger partial charge on any atom is -0.397 e. The summed E-state index contributed by atoms with van der Waals surface area (Å²) in [6.07, 6.45) is 2.67. The maximum atomic E-state index is 11.9. The Balaban J connectivity index is 2.18. The molecule has 0 aliphatic rings. The quantitative estimate of drug-likeness (QED) is 0.845. The van der Waals surface area contributed by atoms with E-state index in [0.717, 1.165) is 24.5 Å². The zero-order chi connectivity index (χ0) is 12.3. The SMILES string of the molecule is CCCn1cc(N)cc1C(=O)Nc1nnns1. The number of carbonyl (C=O) groups excluding carboxylic acids is 1. The van der Waals surface area contributed by atoms with Gasteiger partial charge in [-0.15, -0.1) is 0 Å². The van der Waals surface area contributed by atoms with E-state index < -0.39 is 0 Å². The summed E-state index contributed by atoms with van der Waals surface area (Å²) < 4.78 is 5.39. The Labute approximate surface area is 102 Å². The normalized spacial score (nSPS) is 10.4. The molecule has 8 heteroatoms. The largest absolute Gasteiger partial charge is 0.397 e. The van der Waals surface area contributed by atoms with Crippen LogP contribution in [0.5, 0.6) is 0 Å². The summed E-state index contributed by atoms with van der Waals surface area (Å²) in [4.78, 5) is 11.9. The number of aromatic nitrogens is 4. The van der Waals surface area contributed by atoms with Gasteiger partial charge in [0.25, 0.3) is 5.91 Å². The lowest BCUT2D eigenvalue weighted by molar-refractivity contribution is 0.101. The number of nitrogens with two attached hydrogens (primary N) is 1. The van der Waals surface area contributed by atoms with Crippen LogP contribution < -0.4 is 11.1 Å². The van der Waals surface area contributed by atoms with E-state index in [2.05, 4.69) is 20.1 Å². The Morgan fingerprint density at radius 2 is 2.47 bits per heavy atom. The van der Waals surface area contributed by atoms with Crippen molar-refractivity contribution in [2.75, 3.05) is 11.1 Å². The first-order chi connectivity index (χ1) is 8.20. The van der Waals surface area contributed by atoms with E-state index >= 15 is 0 Å². The highest BCUT2D eigenvalue weighted by molar-refractivity contribution is 7.09. The Kier molecular flexibility index (Phi) is 3.33. The fourth-order valence-electron chi connectivity index (χ4n) is 1.49. The van der Waals surface area contributed by atoms with E-state index in [-0.39, 0.29) is 5.91 Å². The molecule has 17 heavy (non-hydrogen) atoms. The average molecular weight is 252 g/mol. The molecular weight excluding hydrogens is 240 g/mol. The van der Waals surface area contributed by atoms with E-state index in [1.54, 1.807) is 12.3 Å². The monoisotopic (exact) mass is 252 g/mol. The van der Waals surface area contributed by atoms with Crippen LogP contribution in [0.1, 0.15) is 23.8 Å². The molecule has 0 aliphatic carbocycles. The van der Waals surface area contributed by atoms with Crippen molar-refractivity contribution in [2.45, 2.75) is 19.9 Å². The molecule has 3 N–H and O–H groups in total. The number of carbonyl (C=O) groups is 1. The third kappa shape index (κ3) is 2.59. The lowest BCUT2D eigenvalue weighted by Crippen LogP contribution is -2.16. The van der Waals surface area contributed by atoms with E-state index in [4.69, 9.17) is 5.73 Å². The summed E-state index contributed by atoms with van der Waals surface area (Å²) in [7, 11) is 0. The number of rotatable bonds is 4. The van der Waals surface area contributed by atoms with Crippen LogP contribution in [0.3, 0.4) is 0 Å². The van der Waals surface area contributed by atoms with Gasteiger partial charge in [0, 0.05) is 24.3 Å². The Hall–Kier alpha value is -1.96. The van der Waals surface area contributed by atoms with Gasteiger partial charge < -0.3 is 10.3 Å². The highest BCUT2D eigenvalue weighted by Crippen LogP contribution is 2.14. The number of nitrogen functional groups attached to an aromatic ring is 1. The van der Waals surface area contributed by atoms with Crippen LogP contribution in [-0.2, 0) is 6.54 Å². The van der Waals surface area contributed by atoms with Gasteiger partial charge in [0.1, 0.15) is 5.69 Å². The summed E-state index contributed by atoms with van der Waals surface area (Å²) in [5.41, 5.74) is 6.76. The number of amides is 1. The van der Waals surface area contributed by atoms with Crippen LogP contribution >= 0.6 is 11.5 Å². The molecule has 0 aromatic carbocycles. The second-order valence-electron chi connectivity index (χ2n) is 3.47. The minimum atomic E-state index is -0.256. The summed E-state index contributed by atoms with van der Waals surface area (Å²) in [6, 6.07) is 1.64. The summed E-state index contributed by atoms with van der Waals surface area (Å²) in [5.74, 6) is -0.256. The van der Waals surface area contributed by atoms with E-state index in [1.807, 2.05) is 11.5 Å². The van der Waals surface area contributed by atoms with E-state index in [0.29, 0.717) is 16.5 Å². The van der Waals surface area contributed by atoms with Gasteiger partial charge in [-0.3, -0.25) is 10.1 Å². The molecule has 0 aliphatic heterocycles. The predicted octanol–water partition coefficient (Wildman–Crippen LogP) is 0.979. The maximum absolute atomic E-state index is 11.9. The minimum absolute atomic E-state index is 0.256. The molecule has 0 spiro atoms. The third-order valence-electron chi connectivity index (χ3n) is 2.13. The second kappa shape index (κ2) is 4.91. The third-order valence-corrected chi connectivity index (χ3v) is 2.65. The molecule has 90 valence electrons. The molecule has 0 radical (unpaired) electrons. The van der Waals surface area contributed by atoms with Crippen LogP contribution in [0.2, 0.25) is 0 Å². The fourth-order valence-corrected chi connectivity index (χ4v) is 1.85. The lowest BCUT2D eigenvalue weighted by Gasteiger charge is -2.05. The van der Waals surface area contributed by atoms with Crippen molar-refractivity contribution in [1.29, 1.82) is 0 Å². The molecule has 1 amide bonds. The molecule has 7 nitrogen and oxygen atoms in total. The number of nitrogens with one attached hydrogen (secondary N) is 1. The summed E-state index contributed by atoms with van der Waals surface area (Å²) in [5, 5.41) is 10.0. The van der Waals surface area contributed by atoms with E-state index in [1.165, 1.54) is 0 Å². The number of hydrogen-bond acceptors (Lipinski definition) is 6. The molecule has 0 fully saturated rings. The van der Waals surface area contributed by atoms with Gasteiger partial charge in [-0.1, -0.05) is 16.5 Å². The summed E-state index contributed by atoms with van der Waals surface area (Å²) in [6.45, 7) is 2.78. The van der Waals surface area contributed by atoms with Crippen molar-refractivity contribution in [3.8, 4) is 0 Å². The van der Waals surface area contributed by atoms with Crippen molar-refractivity contribution in [3.05, 3.63) is 18.0 Å². The van der Waals surface area contributed by atoms with Crippen LogP contribution in [-0.4, -0.2) is 25.3 Å². The first-order valence-electron chi connectivity index (χ1n) is 5.12. The topological polar surface area (TPSA) is 98.7 Å². The van der Waals surface area contributed by atoms with Crippen LogP contribution in [0.4, 0.5) is 10.8 Å². The average Bonchev–Trinajstić information content (AvgIpc) is 2.88. The van der Waals surface area contributed by atoms with Crippen LogP contribution in [0.15, 0.2) is 12.3 Å². The Morgan fingerprint density at radius 3 is 3.12 bits per heavy atom. The standard InChI is InChI=1S/C9H12N6OS/c1-2-3-15-5-6(10)4-7(15)8(16)11-9-12-13-14-17-9/h4-5H,2-3,10H2,1H3,(H,11,12,14,16). The molecule has 0 unspecified atom stereocenters. The van der Waals surface area contributed by atoms with Gasteiger partial charge in [-0.25, -0.2) is 0 Å². The van der Waals surface area contributed by atoms with Crippen LogP contribution in [0.25, 0.3) is 0 Å². The highest BCUT2D eigenvalue weighted by atomic mass is 32.1. The highest BCUT2D eigenvalue weighted by Gasteiger charge is 2.14. The van der Waals surface area contributed by atoms with Crippen molar-refractivity contribution in [2.24, 2.45) is 0 Å². The number of nitrogens with zero attached hydrogens (tertiary/aromatic N) is 4. The van der Waals surface area contributed by atoms with Gasteiger partial charge in [0.05, 0.1) is 5.69 Å². The van der Waals surface area contributed by atoms with Gasteiger partial charge in [-0.05, 0) is 17.7 Å². The molecule has 2 aromatic heterocycles. The lowest BCUT2D eigenvalue weighted by atomic mass is 10.3. The van der Waals surface area contributed by atoms with E-state index in [9.17, 15) is 4.79 Å². The van der Waals surface area contributed by atoms with Crippen LogP contribution in [0, 0.1) is 0 Å². The molecule has 0 bridgehead atoms. The van der Waals surface area contributed by atoms with Crippen molar-refractivity contribution < 1.29 is 4.79 Å². The first kappa shape index (κ1) is 11.5. The zero-order valence-electron chi connectivity index (χ0n) is 9.25. The Morgan fingerprint density at radius 1 is 1.65 bits per heavy atom. The maximum Gasteiger partial charge on any atom is 0.274 e. The van der Waals surface area contributed by atoms with Crippen molar-refractivity contribution >= 4 is 28.3 Å². The number of anilines is 2. The smallest absolute Gasteiger partial charge is 0.274 e. The molecule has 0 saturated carbocycles. The van der Waals surface area contributed by atoms with Gasteiger partial charge in [0.2, 0.25) is 5.13 Å². The first-order valence-corrected chi connectivity index (χ1v) is 5.90. The number of hydrogen-bond donors (Lipinski definition) is 2.